The zero-order chi connectivity index (χ0) is 14.5. The lowest BCUT2D eigenvalue weighted by Crippen LogP contribution is -2.18. The number of nitrogens with zero attached hydrogens (tertiary/aromatic N) is 1. The van der Waals surface area contributed by atoms with Crippen molar-refractivity contribution in [2.24, 2.45) is 5.92 Å². The maximum Gasteiger partial charge on any atom is 0.0991 e. The lowest BCUT2D eigenvalue weighted by atomic mass is 9.75. The van der Waals surface area contributed by atoms with E-state index in [-0.39, 0.29) is 0 Å². The van der Waals surface area contributed by atoms with Crippen molar-refractivity contribution in [3.05, 3.63) is 57.8 Å². The Morgan fingerprint density at radius 1 is 1.29 bits per heavy atom. The Morgan fingerprint density at radius 3 is 2.86 bits per heavy atom. The van der Waals surface area contributed by atoms with E-state index in [2.05, 4.69) is 29.6 Å². The van der Waals surface area contributed by atoms with Gasteiger partial charge in [0.1, 0.15) is 0 Å². The third-order valence-corrected chi connectivity index (χ3v) is 5.47. The van der Waals surface area contributed by atoms with Crippen LogP contribution < -0.4 is 0 Å². The van der Waals surface area contributed by atoms with Crippen LogP contribution in [0.2, 0.25) is 0 Å². The highest BCUT2D eigenvalue weighted by Gasteiger charge is 2.26. The first kappa shape index (κ1) is 14.4. The average molecular weight is 294 g/mol. The van der Waals surface area contributed by atoms with Gasteiger partial charge in [0.25, 0.3) is 0 Å². The van der Waals surface area contributed by atoms with Gasteiger partial charge in [0.15, 0.2) is 0 Å². The molecule has 0 amide bonds. The van der Waals surface area contributed by atoms with Gasteiger partial charge in [-0.2, -0.15) is 5.26 Å². The predicted octanol–water partition coefficient (Wildman–Crippen LogP) is 5.33. The number of hydrogen-bond acceptors (Lipinski definition) is 2. The van der Waals surface area contributed by atoms with Crippen LogP contribution in [0, 0.1) is 23.3 Å². The predicted molar refractivity (Wildman–Crippen MR) is 87.3 cm³/mol. The van der Waals surface area contributed by atoms with E-state index in [1.165, 1.54) is 42.5 Å². The molecule has 21 heavy (non-hydrogen) atoms. The second-order valence-corrected chi connectivity index (χ2v) is 6.96. The largest absolute Gasteiger partial charge is 0.192 e. The molecule has 2 heteroatoms. The quantitative estimate of drug-likeness (QED) is 0.748. The van der Waals surface area contributed by atoms with E-state index >= 15 is 0 Å². The summed E-state index contributed by atoms with van der Waals surface area (Å²) in [6.07, 6.45) is 7.81. The molecule has 1 unspecified atom stereocenters. The molecule has 3 rings (SSSR count). The van der Waals surface area contributed by atoms with Crippen LogP contribution in [0.1, 0.15) is 54.0 Å². The summed E-state index contributed by atoms with van der Waals surface area (Å²) in [6, 6.07) is 15.9. The van der Waals surface area contributed by atoms with Crippen LogP contribution in [-0.4, -0.2) is 0 Å². The zero-order valence-corrected chi connectivity index (χ0v) is 13.0. The van der Waals surface area contributed by atoms with Crippen molar-refractivity contribution in [3.8, 4) is 6.07 Å². The molecule has 1 fully saturated rings. The summed E-state index contributed by atoms with van der Waals surface area (Å²) in [5, 5.41) is 11.3. The molecule has 107 valence electrons. The minimum absolute atomic E-state index is 0.511. The number of hydrogen-bond donors (Lipinski definition) is 0. The fourth-order valence-electron chi connectivity index (χ4n) is 3.48. The van der Waals surface area contributed by atoms with Crippen LogP contribution in [-0.2, 0) is 6.42 Å². The SMILES string of the molecule is N#Cc1cc[c]c(C(Cc2cccs2)C2CCCCC2)c1. The normalized spacial score (nSPS) is 17.3. The molecule has 1 saturated carbocycles. The molecule has 0 saturated heterocycles. The highest BCUT2D eigenvalue weighted by molar-refractivity contribution is 7.09. The van der Waals surface area contributed by atoms with Gasteiger partial charge in [-0.05, 0) is 66.3 Å². The topological polar surface area (TPSA) is 23.8 Å². The molecule has 1 nitrogen and oxygen atoms in total. The van der Waals surface area contributed by atoms with Crippen LogP contribution in [0.4, 0.5) is 0 Å². The number of thiophene rings is 1. The number of rotatable bonds is 4. The number of benzene rings is 1. The maximum absolute atomic E-state index is 9.15. The summed E-state index contributed by atoms with van der Waals surface area (Å²) in [4.78, 5) is 1.45. The highest BCUT2D eigenvalue weighted by Crippen LogP contribution is 2.38. The Balaban J connectivity index is 1.88. The third kappa shape index (κ3) is 3.54. The molecule has 1 aliphatic carbocycles. The molecule has 1 heterocycles. The number of nitriles is 1. The van der Waals surface area contributed by atoms with Crippen LogP contribution >= 0.6 is 11.3 Å². The van der Waals surface area contributed by atoms with Crippen molar-refractivity contribution in [2.75, 3.05) is 0 Å². The molecular formula is C19H20NS. The Kier molecular flexibility index (Phi) is 4.72. The molecule has 0 aliphatic heterocycles. The van der Waals surface area contributed by atoms with E-state index in [0.717, 1.165) is 17.9 Å². The highest BCUT2D eigenvalue weighted by atomic mass is 32.1. The summed E-state index contributed by atoms with van der Waals surface area (Å²) in [5.41, 5.74) is 1.99. The van der Waals surface area contributed by atoms with Crippen LogP contribution in [0.25, 0.3) is 0 Å². The third-order valence-electron chi connectivity index (χ3n) is 4.57. The molecule has 1 atom stereocenters. The van der Waals surface area contributed by atoms with Gasteiger partial charge in [-0.15, -0.1) is 11.3 Å². The summed E-state index contributed by atoms with van der Waals surface area (Å²) in [6.45, 7) is 0. The van der Waals surface area contributed by atoms with Crippen LogP contribution in [0.5, 0.6) is 0 Å². The second-order valence-electron chi connectivity index (χ2n) is 5.93. The van der Waals surface area contributed by atoms with Gasteiger partial charge in [-0.25, -0.2) is 0 Å². The Hall–Kier alpha value is -1.59. The van der Waals surface area contributed by atoms with Gasteiger partial charge in [-0.3, -0.25) is 0 Å². The van der Waals surface area contributed by atoms with E-state index < -0.39 is 0 Å². The van der Waals surface area contributed by atoms with E-state index in [9.17, 15) is 0 Å². The van der Waals surface area contributed by atoms with E-state index in [1.807, 2.05) is 29.5 Å². The summed E-state index contributed by atoms with van der Waals surface area (Å²) < 4.78 is 0. The average Bonchev–Trinajstić information content (AvgIpc) is 3.07. The van der Waals surface area contributed by atoms with Gasteiger partial charge in [0.05, 0.1) is 11.6 Å². The molecule has 0 bridgehead atoms. The zero-order valence-electron chi connectivity index (χ0n) is 12.2. The fourth-order valence-corrected chi connectivity index (χ4v) is 4.25. The molecule has 2 aromatic rings. The van der Waals surface area contributed by atoms with Crippen LogP contribution in [0.15, 0.2) is 35.7 Å². The van der Waals surface area contributed by atoms with E-state index in [1.54, 1.807) is 0 Å². The molecule has 0 spiro atoms. The first-order chi connectivity index (χ1) is 10.4. The lowest BCUT2D eigenvalue weighted by Gasteiger charge is -2.30. The fraction of sp³-hybridized carbons (Fsp3) is 0.421. The maximum atomic E-state index is 9.15. The molecule has 1 aliphatic rings. The molecular weight excluding hydrogens is 274 g/mol. The van der Waals surface area contributed by atoms with Crippen LogP contribution in [0.3, 0.4) is 0 Å². The van der Waals surface area contributed by atoms with Crippen molar-refractivity contribution < 1.29 is 0 Å². The second kappa shape index (κ2) is 6.91. The molecule has 1 aromatic heterocycles. The monoisotopic (exact) mass is 294 g/mol. The van der Waals surface area contributed by atoms with Gasteiger partial charge >= 0.3 is 0 Å². The van der Waals surface area contributed by atoms with Crippen molar-refractivity contribution in [1.29, 1.82) is 5.26 Å². The van der Waals surface area contributed by atoms with Crippen molar-refractivity contribution in [2.45, 2.75) is 44.4 Å². The Bertz CT molecular complexity index is 603. The van der Waals surface area contributed by atoms with Crippen molar-refractivity contribution >= 4 is 11.3 Å². The van der Waals surface area contributed by atoms with E-state index in [0.29, 0.717) is 5.92 Å². The van der Waals surface area contributed by atoms with Crippen molar-refractivity contribution in [1.82, 2.24) is 0 Å². The smallest absolute Gasteiger partial charge is 0.0991 e. The summed E-state index contributed by atoms with van der Waals surface area (Å²) in [7, 11) is 0. The molecule has 0 N–H and O–H groups in total. The minimum Gasteiger partial charge on any atom is -0.192 e. The Morgan fingerprint density at radius 2 is 2.14 bits per heavy atom. The lowest BCUT2D eigenvalue weighted by molar-refractivity contribution is 0.303. The molecule has 1 radical (unpaired) electrons. The van der Waals surface area contributed by atoms with Gasteiger partial charge < -0.3 is 0 Å². The Labute approximate surface area is 131 Å². The van der Waals surface area contributed by atoms with Gasteiger partial charge in [0, 0.05) is 4.88 Å². The van der Waals surface area contributed by atoms with Gasteiger partial charge in [-0.1, -0.05) is 31.4 Å². The van der Waals surface area contributed by atoms with E-state index in [4.69, 9.17) is 5.26 Å². The minimum atomic E-state index is 0.511. The standard InChI is InChI=1S/C19H20NS/c20-14-15-6-4-9-17(12-15)19(13-18-10-5-11-21-18)16-7-2-1-3-8-16/h4-6,10-12,16,19H,1-3,7-8,13H2. The summed E-state index contributed by atoms with van der Waals surface area (Å²) >= 11 is 1.84. The molecule has 1 aromatic carbocycles. The first-order valence-electron chi connectivity index (χ1n) is 7.81. The van der Waals surface area contributed by atoms with Crippen molar-refractivity contribution in [3.63, 3.8) is 0 Å². The first-order valence-corrected chi connectivity index (χ1v) is 8.69. The summed E-state index contributed by atoms with van der Waals surface area (Å²) in [5.74, 6) is 1.25. The van der Waals surface area contributed by atoms with Gasteiger partial charge in [0.2, 0.25) is 0 Å².